The Morgan fingerprint density at radius 2 is 1.59 bits per heavy atom. The van der Waals surface area contributed by atoms with Crippen LogP contribution in [-0.4, -0.2) is 30.2 Å². The number of hydrogen-bond donors (Lipinski definition) is 0. The number of nitrogens with zero attached hydrogens (tertiary/aromatic N) is 6. The largest absolute Gasteiger partial charge is 0.341 e. The molecule has 8 aromatic rings. The van der Waals surface area contributed by atoms with Crippen molar-refractivity contribution in [3.05, 3.63) is 137 Å². The third-order valence-corrected chi connectivity index (χ3v) is 8.90. The molecule has 0 bridgehead atoms. The van der Waals surface area contributed by atoms with E-state index in [1.54, 1.807) is 6.21 Å². The lowest BCUT2D eigenvalue weighted by molar-refractivity contribution is 0.819. The molecule has 212 valence electrons. The Morgan fingerprint density at radius 1 is 0.841 bits per heavy atom. The molecule has 44 heavy (non-hydrogen) atoms. The van der Waals surface area contributed by atoms with Gasteiger partial charge < -0.3 is 4.57 Å². The van der Waals surface area contributed by atoms with Crippen molar-refractivity contribution in [2.45, 2.75) is 13.5 Å². The van der Waals surface area contributed by atoms with Crippen LogP contribution in [0.3, 0.4) is 0 Å². The van der Waals surface area contributed by atoms with E-state index < -0.39 is 0 Å². The molecule has 0 fully saturated rings. The fraction of sp³-hybridized carbons (Fsp3) is 0.0556. The van der Waals surface area contributed by atoms with E-state index in [9.17, 15) is 4.79 Å². The van der Waals surface area contributed by atoms with Gasteiger partial charge in [-0.2, -0.15) is 14.9 Å². The van der Waals surface area contributed by atoms with E-state index in [2.05, 4.69) is 64.0 Å². The van der Waals surface area contributed by atoms with Crippen LogP contribution >= 0.6 is 11.3 Å². The summed E-state index contributed by atoms with van der Waals surface area (Å²) >= 11 is 1.46. The smallest absolute Gasteiger partial charge is 0.283 e. The van der Waals surface area contributed by atoms with Crippen LogP contribution < -0.4 is 5.56 Å². The first kappa shape index (κ1) is 26.1. The van der Waals surface area contributed by atoms with E-state index >= 15 is 0 Å². The number of rotatable bonds is 6. The number of thiophene rings is 1. The van der Waals surface area contributed by atoms with Gasteiger partial charge in [-0.3, -0.25) is 4.79 Å². The topological polar surface area (TPSA) is 70.0 Å². The lowest BCUT2D eigenvalue weighted by Gasteiger charge is -2.04. The zero-order chi connectivity index (χ0) is 29.6. The molecule has 0 saturated heterocycles. The summed E-state index contributed by atoms with van der Waals surface area (Å²) in [7, 11) is 0. The second-order valence-corrected chi connectivity index (χ2v) is 11.4. The van der Waals surface area contributed by atoms with Crippen LogP contribution in [0.4, 0.5) is 0 Å². The molecule has 0 atom stereocenters. The fourth-order valence-corrected chi connectivity index (χ4v) is 6.83. The zero-order valence-electron chi connectivity index (χ0n) is 23.8. The minimum atomic E-state index is -0.211. The zero-order valence-corrected chi connectivity index (χ0v) is 24.6. The lowest BCUT2D eigenvalue weighted by atomic mass is 10.0. The quantitative estimate of drug-likeness (QED) is 0.184. The molecule has 8 rings (SSSR count). The van der Waals surface area contributed by atoms with Crippen LogP contribution in [0, 0.1) is 0 Å². The molecule has 0 aliphatic rings. The Hall–Kier alpha value is -5.60. The first-order valence-corrected chi connectivity index (χ1v) is 15.3. The van der Waals surface area contributed by atoms with Gasteiger partial charge in [0.05, 0.1) is 17.3 Å². The molecule has 0 unspecified atom stereocenters. The molecule has 0 spiro atoms. The molecule has 4 aromatic heterocycles. The summed E-state index contributed by atoms with van der Waals surface area (Å²) in [5, 5.41) is 14.6. The van der Waals surface area contributed by atoms with E-state index in [-0.39, 0.29) is 5.56 Å². The third kappa shape index (κ3) is 4.27. The predicted molar refractivity (Wildman–Crippen MR) is 180 cm³/mol. The molecule has 4 heterocycles. The molecule has 0 aliphatic heterocycles. The van der Waals surface area contributed by atoms with Crippen molar-refractivity contribution in [3.63, 3.8) is 0 Å². The van der Waals surface area contributed by atoms with Crippen LogP contribution in [0.2, 0.25) is 0 Å². The van der Waals surface area contributed by atoms with Crippen molar-refractivity contribution in [1.29, 1.82) is 0 Å². The number of para-hydroxylation sites is 2. The molecule has 0 radical (unpaired) electrons. The summed E-state index contributed by atoms with van der Waals surface area (Å²) in [4.78, 5) is 18.9. The Labute approximate surface area is 256 Å². The Bertz CT molecular complexity index is 2400. The lowest BCUT2D eigenvalue weighted by Crippen LogP contribution is -2.16. The average Bonchev–Trinajstić information content (AvgIpc) is 3.79. The van der Waals surface area contributed by atoms with Crippen LogP contribution in [0.15, 0.2) is 131 Å². The van der Waals surface area contributed by atoms with Gasteiger partial charge in [0.2, 0.25) is 0 Å². The van der Waals surface area contributed by atoms with Crippen LogP contribution in [0.25, 0.3) is 60.1 Å². The molecule has 0 N–H and O–H groups in total. The predicted octanol–water partition coefficient (Wildman–Crippen LogP) is 7.99. The van der Waals surface area contributed by atoms with Gasteiger partial charge in [0.25, 0.3) is 5.56 Å². The molecule has 0 saturated carbocycles. The molecule has 0 aliphatic carbocycles. The second kappa shape index (κ2) is 10.6. The molecule has 8 heteroatoms. The van der Waals surface area contributed by atoms with Gasteiger partial charge in [-0.15, -0.1) is 11.3 Å². The Balaban J connectivity index is 1.27. The van der Waals surface area contributed by atoms with E-state index in [1.807, 2.05) is 76.9 Å². The number of hydrogen-bond acceptors (Lipinski definition) is 5. The maximum Gasteiger partial charge on any atom is 0.283 e. The highest BCUT2D eigenvalue weighted by atomic mass is 32.1. The molecular weight excluding hydrogens is 565 g/mol. The van der Waals surface area contributed by atoms with Gasteiger partial charge in [-0.25, -0.2) is 9.67 Å². The number of fused-ring (bicyclic) bond motifs is 4. The monoisotopic (exact) mass is 590 g/mol. The summed E-state index contributed by atoms with van der Waals surface area (Å²) in [5.74, 6) is 0. The molecular formula is C36H26N6OS. The SMILES string of the molecule is CCn1c2ccccc2c2cc(-c3nn(-c4ccccc4)cc3C=Nn3cnc4scc(-c5ccccc5)c4c3=O)ccc21. The second-order valence-electron chi connectivity index (χ2n) is 10.5. The highest BCUT2D eigenvalue weighted by molar-refractivity contribution is 7.17. The minimum Gasteiger partial charge on any atom is -0.341 e. The summed E-state index contributed by atoms with van der Waals surface area (Å²) in [6, 6.07) is 34.9. The van der Waals surface area contributed by atoms with Gasteiger partial charge in [0.15, 0.2) is 0 Å². The van der Waals surface area contributed by atoms with Gasteiger partial charge in [-0.05, 0) is 42.8 Å². The van der Waals surface area contributed by atoms with Crippen molar-refractivity contribution in [2.24, 2.45) is 5.10 Å². The first-order chi connectivity index (χ1) is 21.7. The minimum absolute atomic E-state index is 0.211. The third-order valence-electron chi connectivity index (χ3n) is 8.01. The summed E-state index contributed by atoms with van der Waals surface area (Å²) in [6.07, 6.45) is 5.13. The van der Waals surface area contributed by atoms with Crippen molar-refractivity contribution >= 4 is 49.6 Å². The Kier molecular flexibility index (Phi) is 6.27. The van der Waals surface area contributed by atoms with Gasteiger partial charge in [0, 0.05) is 56.6 Å². The first-order valence-electron chi connectivity index (χ1n) is 14.4. The maximum absolute atomic E-state index is 13.7. The van der Waals surface area contributed by atoms with Crippen molar-refractivity contribution < 1.29 is 0 Å². The highest BCUT2D eigenvalue weighted by Gasteiger charge is 2.16. The normalized spacial score (nSPS) is 11.8. The maximum atomic E-state index is 13.7. The van der Waals surface area contributed by atoms with Gasteiger partial charge in [-0.1, -0.05) is 72.8 Å². The molecule has 4 aromatic carbocycles. The van der Waals surface area contributed by atoms with Crippen LogP contribution in [-0.2, 0) is 6.54 Å². The van der Waals surface area contributed by atoms with Crippen LogP contribution in [0.5, 0.6) is 0 Å². The van der Waals surface area contributed by atoms with E-state index in [0.29, 0.717) is 10.2 Å². The number of aryl methyl sites for hydroxylation is 1. The number of benzene rings is 4. The summed E-state index contributed by atoms with van der Waals surface area (Å²) in [5.41, 5.74) is 7.49. The van der Waals surface area contributed by atoms with E-state index in [4.69, 9.17) is 5.10 Å². The summed E-state index contributed by atoms with van der Waals surface area (Å²) in [6.45, 7) is 3.05. The summed E-state index contributed by atoms with van der Waals surface area (Å²) < 4.78 is 5.50. The van der Waals surface area contributed by atoms with E-state index in [0.717, 1.165) is 40.2 Å². The van der Waals surface area contributed by atoms with Crippen molar-refractivity contribution in [3.8, 4) is 28.1 Å². The standard InChI is InChI=1S/C36H26N6OS/c1-2-40-31-16-10-9-15-28(31)29-19-25(17-18-32(29)40)34-26(21-41(39-34)27-13-7-4-8-14-27)20-38-42-23-37-35-33(36(42)43)30(22-44-35)24-11-5-3-6-12-24/h3-23H,2H2,1H3. The fourth-order valence-electron chi connectivity index (χ4n) is 5.92. The highest BCUT2D eigenvalue weighted by Crippen LogP contribution is 2.34. The number of aromatic nitrogens is 5. The average molecular weight is 591 g/mol. The van der Waals surface area contributed by atoms with Gasteiger partial charge in [0.1, 0.15) is 16.9 Å². The van der Waals surface area contributed by atoms with Crippen LogP contribution in [0.1, 0.15) is 12.5 Å². The molecule has 7 nitrogen and oxygen atoms in total. The van der Waals surface area contributed by atoms with Crippen molar-refractivity contribution in [2.75, 3.05) is 0 Å². The van der Waals surface area contributed by atoms with Gasteiger partial charge >= 0.3 is 0 Å². The van der Waals surface area contributed by atoms with E-state index in [1.165, 1.54) is 44.1 Å². The molecule has 0 amide bonds. The Morgan fingerprint density at radius 3 is 2.41 bits per heavy atom. The van der Waals surface area contributed by atoms with Crippen molar-refractivity contribution in [1.82, 2.24) is 24.0 Å².